The lowest BCUT2D eigenvalue weighted by Gasteiger charge is -2.18. The van der Waals surface area contributed by atoms with Gasteiger partial charge in [0, 0.05) is 19.3 Å². The molecule has 1 aromatic heterocycles. The molecule has 19 heavy (non-hydrogen) atoms. The second-order valence-electron chi connectivity index (χ2n) is 4.52. The van der Waals surface area contributed by atoms with Gasteiger partial charge in [0.05, 0.1) is 12.7 Å². The first kappa shape index (κ1) is 15.2. The van der Waals surface area contributed by atoms with E-state index < -0.39 is 0 Å². The summed E-state index contributed by atoms with van der Waals surface area (Å²) < 4.78 is 5.48. The quantitative estimate of drug-likeness (QED) is 0.341. The Morgan fingerprint density at radius 3 is 2.79 bits per heavy atom. The van der Waals surface area contributed by atoms with Crippen LogP contribution in [-0.2, 0) is 4.74 Å². The maximum Gasteiger partial charge on any atom is 0.226 e. The summed E-state index contributed by atoms with van der Waals surface area (Å²) in [6.45, 7) is 7.05. The maximum atomic E-state index is 8.68. The van der Waals surface area contributed by atoms with Crippen molar-refractivity contribution in [2.45, 2.75) is 26.9 Å². The largest absolute Gasteiger partial charge is 0.409 e. The van der Waals surface area contributed by atoms with Crippen LogP contribution in [0.4, 0.5) is 5.95 Å². The van der Waals surface area contributed by atoms with Gasteiger partial charge < -0.3 is 20.6 Å². The first-order chi connectivity index (χ1) is 8.93. The fourth-order valence-corrected chi connectivity index (χ4v) is 1.43. The average molecular weight is 267 g/mol. The van der Waals surface area contributed by atoms with Crippen LogP contribution in [0.3, 0.4) is 0 Å². The van der Waals surface area contributed by atoms with Crippen molar-refractivity contribution in [1.29, 1.82) is 0 Å². The van der Waals surface area contributed by atoms with E-state index in [1.165, 1.54) is 0 Å². The first-order valence-corrected chi connectivity index (χ1v) is 6.10. The number of aromatic nitrogens is 2. The molecule has 0 spiro atoms. The SMILES string of the molecule is Cc1cc(/C(N)=N/O)nc(N(C)CCOC(C)C)n1. The molecule has 0 saturated carbocycles. The molecule has 3 N–H and O–H groups in total. The maximum absolute atomic E-state index is 8.68. The van der Waals surface area contributed by atoms with E-state index in [2.05, 4.69) is 15.1 Å². The molecule has 0 atom stereocenters. The van der Waals surface area contributed by atoms with Crippen LogP contribution in [0, 0.1) is 6.92 Å². The smallest absolute Gasteiger partial charge is 0.226 e. The van der Waals surface area contributed by atoms with Crippen LogP contribution in [0.1, 0.15) is 25.2 Å². The number of nitrogens with zero attached hydrogens (tertiary/aromatic N) is 4. The number of nitrogens with two attached hydrogens (primary N) is 1. The Hall–Kier alpha value is -1.89. The molecule has 0 bridgehead atoms. The second kappa shape index (κ2) is 6.89. The molecule has 1 aromatic rings. The third kappa shape index (κ3) is 4.70. The Morgan fingerprint density at radius 1 is 1.53 bits per heavy atom. The van der Waals surface area contributed by atoms with Crippen molar-refractivity contribution in [3.63, 3.8) is 0 Å². The van der Waals surface area contributed by atoms with Crippen LogP contribution in [-0.4, -0.2) is 47.3 Å². The normalized spacial score (nSPS) is 11.9. The summed E-state index contributed by atoms with van der Waals surface area (Å²) in [6, 6.07) is 1.66. The van der Waals surface area contributed by atoms with Crippen molar-refractivity contribution >= 4 is 11.8 Å². The Balaban J connectivity index is 2.79. The van der Waals surface area contributed by atoms with Gasteiger partial charge in [-0.05, 0) is 26.8 Å². The highest BCUT2D eigenvalue weighted by molar-refractivity contribution is 5.95. The number of anilines is 1. The van der Waals surface area contributed by atoms with Crippen molar-refractivity contribution in [2.75, 3.05) is 25.1 Å². The fraction of sp³-hybridized carbons (Fsp3) is 0.583. The molecule has 106 valence electrons. The van der Waals surface area contributed by atoms with Crippen LogP contribution in [0.5, 0.6) is 0 Å². The van der Waals surface area contributed by atoms with Gasteiger partial charge in [-0.15, -0.1) is 0 Å². The van der Waals surface area contributed by atoms with Gasteiger partial charge in [0.15, 0.2) is 5.84 Å². The minimum atomic E-state index is -0.0291. The van der Waals surface area contributed by atoms with Crippen LogP contribution in [0.25, 0.3) is 0 Å². The molecule has 0 aliphatic carbocycles. The predicted octanol–water partition coefficient (Wildman–Crippen LogP) is 0.741. The lowest BCUT2D eigenvalue weighted by molar-refractivity contribution is 0.0844. The van der Waals surface area contributed by atoms with Crippen molar-refractivity contribution < 1.29 is 9.94 Å². The van der Waals surface area contributed by atoms with Gasteiger partial charge in [0.2, 0.25) is 5.95 Å². The van der Waals surface area contributed by atoms with Crippen molar-refractivity contribution in [3.8, 4) is 0 Å². The standard InChI is InChI=1S/C12H21N5O2/c1-8(2)19-6-5-17(4)12-14-9(3)7-10(15-12)11(13)16-18/h7-8,18H,5-6H2,1-4H3,(H2,13,16). The number of hydrogen-bond acceptors (Lipinski definition) is 6. The molecule has 7 nitrogen and oxygen atoms in total. The van der Waals surface area contributed by atoms with Crippen LogP contribution >= 0.6 is 0 Å². The van der Waals surface area contributed by atoms with Crippen molar-refractivity contribution in [2.24, 2.45) is 10.9 Å². The minimum Gasteiger partial charge on any atom is -0.409 e. The number of ether oxygens (including phenoxy) is 1. The van der Waals surface area contributed by atoms with Crippen molar-refractivity contribution in [3.05, 3.63) is 17.5 Å². The van der Waals surface area contributed by atoms with E-state index in [0.717, 1.165) is 5.69 Å². The van der Waals surface area contributed by atoms with Crippen LogP contribution in [0.2, 0.25) is 0 Å². The molecule has 0 radical (unpaired) electrons. The van der Waals surface area contributed by atoms with Gasteiger partial charge in [0.25, 0.3) is 0 Å². The van der Waals surface area contributed by atoms with E-state index in [1.807, 2.05) is 32.7 Å². The minimum absolute atomic E-state index is 0.0291. The summed E-state index contributed by atoms with van der Waals surface area (Å²) in [5.41, 5.74) is 6.70. The van der Waals surface area contributed by atoms with Gasteiger partial charge in [-0.1, -0.05) is 5.16 Å². The van der Waals surface area contributed by atoms with Crippen molar-refractivity contribution in [1.82, 2.24) is 9.97 Å². The molecule has 0 aliphatic rings. The number of amidine groups is 1. The summed E-state index contributed by atoms with van der Waals surface area (Å²) >= 11 is 0. The average Bonchev–Trinajstić information content (AvgIpc) is 2.36. The molecule has 1 rings (SSSR count). The molecule has 0 aromatic carbocycles. The Labute approximate surface area is 113 Å². The first-order valence-electron chi connectivity index (χ1n) is 6.10. The number of likely N-dealkylation sites (N-methyl/N-ethyl adjacent to an activating group) is 1. The lowest BCUT2D eigenvalue weighted by Crippen LogP contribution is -2.27. The molecule has 0 aliphatic heterocycles. The zero-order chi connectivity index (χ0) is 14.4. The number of hydrogen-bond donors (Lipinski definition) is 2. The van der Waals surface area contributed by atoms with Gasteiger partial charge >= 0.3 is 0 Å². The van der Waals surface area contributed by atoms with Gasteiger partial charge in [-0.3, -0.25) is 0 Å². The topological polar surface area (TPSA) is 96.9 Å². The number of aryl methyl sites for hydroxylation is 1. The molecule has 0 saturated heterocycles. The van der Waals surface area contributed by atoms with Gasteiger partial charge in [-0.2, -0.15) is 0 Å². The van der Waals surface area contributed by atoms with Gasteiger partial charge in [-0.25, -0.2) is 9.97 Å². The third-order valence-electron chi connectivity index (χ3n) is 2.43. The van der Waals surface area contributed by atoms with E-state index in [-0.39, 0.29) is 11.9 Å². The van der Waals surface area contributed by atoms with E-state index in [1.54, 1.807) is 6.07 Å². The predicted molar refractivity (Wildman–Crippen MR) is 73.6 cm³/mol. The summed E-state index contributed by atoms with van der Waals surface area (Å²) in [6.07, 6.45) is 0.194. The fourth-order valence-electron chi connectivity index (χ4n) is 1.43. The Morgan fingerprint density at radius 2 is 2.21 bits per heavy atom. The summed E-state index contributed by atoms with van der Waals surface area (Å²) in [5.74, 6) is 0.493. The molecule has 1 heterocycles. The van der Waals surface area contributed by atoms with E-state index in [9.17, 15) is 0 Å². The highest BCUT2D eigenvalue weighted by atomic mass is 16.5. The molecule has 7 heteroatoms. The molecular weight excluding hydrogens is 246 g/mol. The Bertz CT molecular complexity index is 448. The third-order valence-corrected chi connectivity index (χ3v) is 2.43. The second-order valence-corrected chi connectivity index (χ2v) is 4.52. The van der Waals surface area contributed by atoms with E-state index in [4.69, 9.17) is 15.7 Å². The molecule has 0 unspecified atom stereocenters. The summed E-state index contributed by atoms with van der Waals surface area (Å²) in [4.78, 5) is 10.4. The lowest BCUT2D eigenvalue weighted by atomic mass is 10.3. The van der Waals surface area contributed by atoms with E-state index in [0.29, 0.717) is 24.8 Å². The molecular formula is C12H21N5O2. The molecule has 0 fully saturated rings. The highest BCUT2D eigenvalue weighted by Gasteiger charge is 2.10. The zero-order valence-corrected chi connectivity index (χ0v) is 11.8. The Kier molecular flexibility index (Phi) is 5.50. The zero-order valence-electron chi connectivity index (χ0n) is 11.8. The van der Waals surface area contributed by atoms with Crippen LogP contribution in [0.15, 0.2) is 11.2 Å². The van der Waals surface area contributed by atoms with E-state index >= 15 is 0 Å². The van der Waals surface area contributed by atoms with Crippen LogP contribution < -0.4 is 10.6 Å². The van der Waals surface area contributed by atoms with Gasteiger partial charge in [0.1, 0.15) is 5.69 Å². The number of oxime groups is 1. The summed E-state index contributed by atoms with van der Waals surface area (Å²) in [5, 5.41) is 11.6. The summed E-state index contributed by atoms with van der Waals surface area (Å²) in [7, 11) is 1.87. The molecule has 0 amide bonds. The highest BCUT2D eigenvalue weighted by Crippen LogP contribution is 2.08. The monoisotopic (exact) mass is 267 g/mol. The number of rotatable bonds is 6.